The van der Waals surface area contributed by atoms with Crippen LogP contribution in [0.25, 0.3) is 0 Å². The van der Waals surface area contributed by atoms with Crippen LogP contribution in [-0.4, -0.2) is 16.6 Å². The minimum absolute atomic E-state index is 0.564. The third kappa shape index (κ3) is 2.06. The smallest absolute Gasteiger partial charge is 0.0423 e. The van der Waals surface area contributed by atoms with Crippen LogP contribution in [0.15, 0.2) is 30.3 Å². The van der Waals surface area contributed by atoms with E-state index < -0.39 is 0 Å². The van der Waals surface area contributed by atoms with Gasteiger partial charge in [0.2, 0.25) is 0 Å². The van der Waals surface area contributed by atoms with Crippen molar-refractivity contribution in [2.24, 2.45) is 0 Å². The van der Waals surface area contributed by atoms with Gasteiger partial charge in [-0.1, -0.05) is 42.3 Å². The maximum Gasteiger partial charge on any atom is 0.0423 e. The fraction of sp³-hybridized carbons (Fsp3) is 0.455. The molecule has 0 aromatic heterocycles. The average molecular weight is 193 g/mol. The highest BCUT2D eigenvalue weighted by atomic mass is 32.2. The van der Waals surface area contributed by atoms with Gasteiger partial charge in [-0.25, -0.2) is 4.31 Å². The molecule has 2 rings (SSSR count). The summed E-state index contributed by atoms with van der Waals surface area (Å²) in [7, 11) is 0. The molecule has 1 saturated heterocycles. The molecule has 1 atom stereocenters. The summed E-state index contributed by atoms with van der Waals surface area (Å²) in [6.45, 7) is 3.52. The Labute approximate surface area is 84.3 Å². The Morgan fingerprint density at radius 2 is 2.08 bits per heavy atom. The molecule has 0 aliphatic carbocycles. The van der Waals surface area contributed by atoms with E-state index in [1.807, 2.05) is 11.9 Å². The van der Waals surface area contributed by atoms with Crippen molar-refractivity contribution in [3.63, 3.8) is 0 Å². The molecule has 70 valence electrons. The van der Waals surface area contributed by atoms with Crippen LogP contribution in [-0.2, 0) is 0 Å². The summed E-state index contributed by atoms with van der Waals surface area (Å²) >= 11 is 1.98. The largest absolute Gasteiger partial charge is 0.243 e. The Morgan fingerprint density at radius 1 is 1.31 bits per heavy atom. The van der Waals surface area contributed by atoms with Gasteiger partial charge in [-0.05, 0) is 18.9 Å². The van der Waals surface area contributed by atoms with E-state index in [0.29, 0.717) is 6.04 Å². The van der Waals surface area contributed by atoms with Crippen molar-refractivity contribution in [3.05, 3.63) is 35.9 Å². The summed E-state index contributed by atoms with van der Waals surface area (Å²) in [5.74, 6) is 1.29. The van der Waals surface area contributed by atoms with Crippen LogP contribution in [0.2, 0.25) is 0 Å². The third-order valence-corrected chi connectivity index (χ3v) is 3.80. The van der Waals surface area contributed by atoms with Crippen molar-refractivity contribution >= 4 is 11.9 Å². The standard InChI is InChI=1S/C11H15NS/c1-10(12-8-5-9-13-12)11-6-3-2-4-7-11/h2-4,6-7,10H,5,8-9H2,1H3/t10-/m1/s1. The molecule has 1 aliphatic heterocycles. The number of hydrogen-bond donors (Lipinski definition) is 0. The van der Waals surface area contributed by atoms with E-state index in [0.717, 1.165) is 0 Å². The van der Waals surface area contributed by atoms with Crippen LogP contribution in [0, 0.1) is 0 Å². The molecule has 0 radical (unpaired) electrons. The van der Waals surface area contributed by atoms with Crippen molar-refractivity contribution in [1.82, 2.24) is 4.31 Å². The van der Waals surface area contributed by atoms with Crippen LogP contribution in [0.4, 0.5) is 0 Å². The lowest BCUT2D eigenvalue weighted by Gasteiger charge is -2.22. The summed E-state index contributed by atoms with van der Waals surface area (Å²) < 4.78 is 2.48. The monoisotopic (exact) mass is 193 g/mol. The van der Waals surface area contributed by atoms with Gasteiger partial charge in [0.15, 0.2) is 0 Å². The van der Waals surface area contributed by atoms with E-state index in [4.69, 9.17) is 0 Å². The minimum Gasteiger partial charge on any atom is -0.243 e. The van der Waals surface area contributed by atoms with E-state index in [-0.39, 0.29) is 0 Å². The normalized spacial score (nSPS) is 20.4. The maximum absolute atomic E-state index is 2.48. The first-order valence-corrected chi connectivity index (χ1v) is 5.76. The molecule has 0 amide bonds. The van der Waals surface area contributed by atoms with Crippen molar-refractivity contribution in [1.29, 1.82) is 0 Å². The van der Waals surface area contributed by atoms with Crippen LogP contribution in [0.3, 0.4) is 0 Å². The van der Waals surface area contributed by atoms with E-state index >= 15 is 0 Å². The molecule has 1 aliphatic rings. The van der Waals surface area contributed by atoms with Crippen molar-refractivity contribution in [3.8, 4) is 0 Å². The summed E-state index contributed by atoms with van der Waals surface area (Å²) in [4.78, 5) is 0. The lowest BCUT2D eigenvalue weighted by atomic mass is 10.1. The zero-order chi connectivity index (χ0) is 9.10. The molecular weight excluding hydrogens is 178 g/mol. The van der Waals surface area contributed by atoms with E-state index in [1.54, 1.807) is 0 Å². The van der Waals surface area contributed by atoms with Gasteiger partial charge in [0, 0.05) is 18.3 Å². The summed E-state index contributed by atoms with van der Waals surface area (Å²) in [6.07, 6.45) is 1.34. The highest BCUT2D eigenvalue weighted by Crippen LogP contribution is 2.31. The predicted molar refractivity (Wildman–Crippen MR) is 58.6 cm³/mol. The number of benzene rings is 1. The minimum atomic E-state index is 0.564. The first-order chi connectivity index (χ1) is 6.38. The summed E-state index contributed by atoms with van der Waals surface area (Å²) in [6, 6.07) is 11.3. The van der Waals surface area contributed by atoms with Gasteiger partial charge in [0.1, 0.15) is 0 Å². The first kappa shape index (κ1) is 9.10. The van der Waals surface area contributed by atoms with Gasteiger partial charge < -0.3 is 0 Å². The molecule has 1 fully saturated rings. The van der Waals surface area contributed by atoms with Gasteiger partial charge in [-0.2, -0.15) is 0 Å². The fourth-order valence-electron chi connectivity index (χ4n) is 1.67. The molecule has 0 bridgehead atoms. The highest BCUT2D eigenvalue weighted by Gasteiger charge is 2.19. The van der Waals surface area contributed by atoms with Gasteiger partial charge >= 0.3 is 0 Å². The predicted octanol–water partition coefficient (Wildman–Crippen LogP) is 3.10. The van der Waals surface area contributed by atoms with Crippen molar-refractivity contribution in [2.45, 2.75) is 19.4 Å². The highest BCUT2D eigenvalue weighted by molar-refractivity contribution is 7.97. The SMILES string of the molecule is C[C@H](c1ccccc1)N1CCCS1. The van der Waals surface area contributed by atoms with Gasteiger partial charge in [-0.3, -0.25) is 0 Å². The van der Waals surface area contributed by atoms with Crippen LogP contribution in [0.5, 0.6) is 0 Å². The molecule has 13 heavy (non-hydrogen) atoms. The van der Waals surface area contributed by atoms with Crippen molar-refractivity contribution < 1.29 is 0 Å². The number of rotatable bonds is 2. The second kappa shape index (κ2) is 4.16. The second-order valence-corrected chi connectivity index (χ2v) is 4.55. The van der Waals surface area contributed by atoms with Gasteiger partial charge in [-0.15, -0.1) is 0 Å². The molecule has 0 unspecified atom stereocenters. The first-order valence-electron chi connectivity index (χ1n) is 4.82. The Morgan fingerprint density at radius 3 is 2.69 bits per heavy atom. The van der Waals surface area contributed by atoms with E-state index in [2.05, 4.69) is 41.6 Å². The fourth-order valence-corrected chi connectivity index (χ4v) is 2.77. The molecule has 2 heteroatoms. The lowest BCUT2D eigenvalue weighted by molar-refractivity contribution is 0.403. The number of hydrogen-bond acceptors (Lipinski definition) is 2. The molecule has 0 saturated carbocycles. The maximum atomic E-state index is 2.48. The molecule has 1 aromatic rings. The van der Waals surface area contributed by atoms with Gasteiger partial charge in [0.25, 0.3) is 0 Å². The van der Waals surface area contributed by atoms with Crippen LogP contribution >= 0.6 is 11.9 Å². The molecule has 1 heterocycles. The molecule has 1 aromatic carbocycles. The summed E-state index contributed by atoms with van der Waals surface area (Å²) in [5, 5.41) is 0. The third-order valence-electron chi connectivity index (χ3n) is 2.49. The Balaban J connectivity index is 2.08. The van der Waals surface area contributed by atoms with E-state index in [9.17, 15) is 0 Å². The number of nitrogens with zero attached hydrogens (tertiary/aromatic N) is 1. The van der Waals surface area contributed by atoms with E-state index in [1.165, 1.54) is 24.3 Å². The van der Waals surface area contributed by atoms with Gasteiger partial charge in [0.05, 0.1) is 0 Å². The zero-order valence-electron chi connectivity index (χ0n) is 7.94. The molecule has 1 nitrogen and oxygen atoms in total. The molecule has 0 N–H and O–H groups in total. The lowest BCUT2D eigenvalue weighted by Crippen LogP contribution is -2.16. The zero-order valence-corrected chi connectivity index (χ0v) is 8.76. The quantitative estimate of drug-likeness (QED) is 0.664. The Hall–Kier alpha value is -0.470. The molecular formula is C11H15NS. The topological polar surface area (TPSA) is 3.24 Å². The Kier molecular flexibility index (Phi) is 2.91. The average Bonchev–Trinajstić information content (AvgIpc) is 2.71. The summed E-state index contributed by atoms with van der Waals surface area (Å²) in [5.41, 5.74) is 1.43. The van der Waals surface area contributed by atoms with Crippen LogP contribution in [0.1, 0.15) is 24.9 Å². The molecule has 0 spiro atoms. The van der Waals surface area contributed by atoms with Crippen LogP contribution < -0.4 is 0 Å². The van der Waals surface area contributed by atoms with Crippen molar-refractivity contribution in [2.75, 3.05) is 12.3 Å². The second-order valence-electron chi connectivity index (χ2n) is 3.41. The Bertz CT molecular complexity index is 254.